The van der Waals surface area contributed by atoms with E-state index in [1.165, 1.54) is 0 Å². The Morgan fingerprint density at radius 3 is 2.50 bits per heavy atom. The number of carbonyl (C=O) groups excluding carboxylic acids is 1. The van der Waals surface area contributed by atoms with Crippen LogP contribution >= 0.6 is 11.6 Å². The lowest BCUT2D eigenvalue weighted by Crippen LogP contribution is -2.25. The van der Waals surface area contributed by atoms with Gasteiger partial charge in [-0.2, -0.15) is 0 Å². The zero-order valence-electron chi connectivity index (χ0n) is 14.6. The second-order valence-electron chi connectivity index (χ2n) is 5.17. The number of hydrogen-bond acceptors (Lipinski definition) is 6. The molecule has 0 N–H and O–H groups in total. The van der Waals surface area contributed by atoms with Crippen molar-refractivity contribution in [1.29, 1.82) is 0 Å². The molecule has 0 radical (unpaired) electrons. The van der Waals surface area contributed by atoms with Gasteiger partial charge in [-0.05, 0) is 35.9 Å². The minimum atomic E-state index is -0.817. The molecular weight excluding hydrogens is 358 g/mol. The molecule has 2 rings (SSSR count). The molecular formula is C19H20ClNO5. The Morgan fingerprint density at radius 2 is 1.85 bits per heavy atom. The average molecular weight is 378 g/mol. The average Bonchev–Trinajstić information content (AvgIpc) is 2.67. The number of nitrogens with zero attached hydrogens (tertiary/aromatic N) is 1. The van der Waals surface area contributed by atoms with E-state index >= 15 is 0 Å². The molecule has 0 aliphatic carbocycles. The van der Waals surface area contributed by atoms with Crippen LogP contribution < -0.4 is 14.2 Å². The number of ether oxygens (including phenoxy) is 4. The number of alkyl halides is 1. The van der Waals surface area contributed by atoms with Crippen LogP contribution in [0.3, 0.4) is 0 Å². The number of para-hydroxylation sites is 1. The summed E-state index contributed by atoms with van der Waals surface area (Å²) in [6.07, 6.45) is 0.236. The van der Waals surface area contributed by atoms with E-state index in [1.54, 1.807) is 56.8 Å². The summed E-state index contributed by atoms with van der Waals surface area (Å²) in [5.74, 6) is 1.75. The van der Waals surface area contributed by atoms with E-state index in [-0.39, 0.29) is 12.4 Å². The van der Waals surface area contributed by atoms with Gasteiger partial charge in [-0.15, -0.1) is 11.6 Å². The Kier molecular flexibility index (Phi) is 7.76. The fraction of sp³-hybridized carbons (Fsp3) is 0.263. The normalized spacial score (nSPS) is 11.8. The molecule has 2 aromatic rings. The lowest BCUT2D eigenvalue weighted by molar-refractivity contribution is 0.0705. The van der Waals surface area contributed by atoms with Crippen LogP contribution in [-0.4, -0.2) is 45.1 Å². The molecule has 0 saturated heterocycles. The van der Waals surface area contributed by atoms with E-state index in [0.717, 1.165) is 5.56 Å². The molecule has 0 aliphatic rings. The fourth-order valence-corrected chi connectivity index (χ4v) is 2.23. The Bertz CT molecular complexity index is 736. The highest BCUT2D eigenvalue weighted by Gasteiger charge is 2.14. The minimum absolute atomic E-state index is 0.104. The van der Waals surface area contributed by atoms with E-state index in [9.17, 15) is 4.79 Å². The van der Waals surface area contributed by atoms with E-state index in [0.29, 0.717) is 17.2 Å². The Hall–Kier alpha value is -2.73. The maximum atomic E-state index is 11.8. The topological polar surface area (TPSA) is 66.4 Å². The van der Waals surface area contributed by atoms with E-state index < -0.39 is 12.3 Å². The van der Waals surface area contributed by atoms with Crippen LogP contribution in [0, 0.1) is 0 Å². The van der Waals surface area contributed by atoms with Crippen molar-refractivity contribution < 1.29 is 23.7 Å². The standard InChI is InChI=1S/C19H20ClNO5/c1-23-17-9-8-14(10-18(17)24-2)12-21-13-16(11-20)26-19(22)25-15-6-4-3-5-7-15/h3-10,12,16H,11,13H2,1-2H3/t16-/m1/s1. The van der Waals surface area contributed by atoms with Crippen LogP contribution in [0.5, 0.6) is 17.2 Å². The molecule has 0 bridgehead atoms. The van der Waals surface area contributed by atoms with Crippen LogP contribution in [0.2, 0.25) is 0 Å². The summed E-state index contributed by atoms with van der Waals surface area (Å²) in [5.41, 5.74) is 0.822. The second kappa shape index (κ2) is 10.3. The van der Waals surface area contributed by atoms with Gasteiger partial charge in [0, 0.05) is 6.21 Å². The van der Waals surface area contributed by atoms with E-state index in [4.69, 9.17) is 30.5 Å². The summed E-state index contributed by atoms with van der Waals surface area (Å²) >= 11 is 5.84. The monoisotopic (exact) mass is 377 g/mol. The van der Waals surface area contributed by atoms with Crippen LogP contribution in [0.25, 0.3) is 0 Å². The number of methoxy groups -OCH3 is 2. The number of hydrogen-bond donors (Lipinski definition) is 0. The highest BCUT2D eigenvalue weighted by molar-refractivity contribution is 6.18. The Balaban J connectivity index is 1.89. The molecule has 0 amide bonds. The Morgan fingerprint density at radius 1 is 1.12 bits per heavy atom. The van der Waals surface area contributed by atoms with Crippen LogP contribution in [0.15, 0.2) is 53.5 Å². The summed E-state index contributed by atoms with van der Waals surface area (Å²) in [4.78, 5) is 16.0. The first-order chi connectivity index (χ1) is 12.7. The van der Waals surface area contributed by atoms with Gasteiger partial charge in [0.1, 0.15) is 11.9 Å². The zero-order valence-corrected chi connectivity index (χ0v) is 15.3. The minimum Gasteiger partial charge on any atom is -0.493 e. The molecule has 0 fully saturated rings. The number of rotatable bonds is 8. The van der Waals surface area contributed by atoms with Crippen LogP contribution in [-0.2, 0) is 4.74 Å². The SMILES string of the molecule is COc1ccc(C=NC[C@@H](CCl)OC(=O)Oc2ccccc2)cc1OC. The molecule has 0 aliphatic heterocycles. The van der Waals surface area contributed by atoms with Gasteiger partial charge in [-0.1, -0.05) is 18.2 Å². The van der Waals surface area contributed by atoms with Gasteiger partial charge in [0.05, 0.1) is 26.6 Å². The molecule has 138 valence electrons. The molecule has 0 heterocycles. The van der Waals surface area contributed by atoms with Gasteiger partial charge in [0.25, 0.3) is 0 Å². The molecule has 0 saturated carbocycles. The van der Waals surface area contributed by atoms with Crippen molar-refractivity contribution in [3.63, 3.8) is 0 Å². The summed E-state index contributed by atoms with van der Waals surface area (Å²) in [7, 11) is 3.14. The molecule has 1 atom stereocenters. The van der Waals surface area contributed by atoms with Crippen LogP contribution in [0.1, 0.15) is 5.56 Å². The van der Waals surface area contributed by atoms with Crippen molar-refractivity contribution >= 4 is 24.0 Å². The first kappa shape index (κ1) is 19.6. The Labute approximate surface area is 157 Å². The second-order valence-corrected chi connectivity index (χ2v) is 5.48. The summed E-state index contributed by atoms with van der Waals surface area (Å²) in [6, 6.07) is 14.1. The first-order valence-corrected chi connectivity index (χ1v) is 8.41. The van der Waals surface area contributed by atoms with E-state index in [1.807, 2.05) is 12.1 Å². The molecule has 6 nitrogen and oxygen atoms in total. The van der Waals surface area contributed by atoms with Crippen LogP contribution in [0.4, 0.5) is 4.79 Å². The van der Waals surface area contributed by atoms with Gasteiger partial charge < -0.3 is 18.9 Å². The molecule has 7 heteroatoms. The highest BCUT2D eigenvalue weighted by atomic mass is 35.5. The highest BCUT2D eigenvalue weighted by Crippen LogP contribution is 2.26. The van der Waals surface area contributed by atoms with Crippen molar-refractivity contribution in [2.45, 2.75) is 6.10 Å². The lowest BCUT2D eigenvalue weighted by Gasteiger charge is -2.13. The van der Waals surface area contributed by atoms with Crippen molar-refractivity contribution in [1.82, 2.24) is 0 Å². The number of benzene rings is 2. The van der Waals surface area contributed by atoms with Crippen molar-refractivity contribution in [3.05, 3.63) is 54.1 Å². The first-order valence-electron chi connectivity index (χ1n) is 7.87. The third-order valence-electron chi connectivity index (χ3n) is 3.34. The largest absolute Gasteiger partial charge is 0.514 e. The molecule has 2 aromatic carbocycles. The van der Waals surface area contributed by atoms with Gasteiger partial charge in [-0.3, -0.25) is 4.99 Å². The third-order valence-corrected chi connectivity index (χ3v) is 3.68. The molecule has 0 unspecified atom stereocenters. The molecule has 0 aromatic heterocycles. The number of carbonyl (C=O) groups is 1. The van der Waals surface area contributed by atoms with Crippen molar-refractivity contribution in [3.8, 4) is 17.2 Å². The summed E-state index contributed by atoms with van der Waals surface area (Å²) in [6.45, 7) is 0.210. The van der Waals surface area contributed by atoms with Gasteiger partial charge in [0.2, 0.25) is 0 Å². The number of aliphatic imine (C=N–C) groups is 1. The summed E-state index contributed by atoms with van der Waals surface area (Å²) in [5, 5.41) is 0. The van der Waals surface area contributed by atoms with E-state index in [2.05, 4.69) is 4.99 Å². The molecule has 26 heavy (non-hydrogen) atoms. The number of halogens is 1. The van der Waals surface area contributed by atoms with Crippen molar-refractivity contribution in [2.75, 3.05) is 26.6 Å². The van der Waals surface area contributed by atoms with Gasteiger partial charge in [-0.25, -0.2) is 4.79 Å². The predicted molar refractivity (Wildman–Crippen MR) is 100 cm³/mol. The maximum absolute atomic E-state index is 11.8. The van der Waals surface area contributed by atoms with Gasteiger partial charge in [0.15, 0.2) is 11.5 Å². The lowest BCUT2D eigenvalue weighted by atomic mass is 10.2. The fourth-order valence-electron chi connectivity index (χ4n) is 2.07. The maximum Gasteiger partial charge on any atom is 0.514 e. The predicted octanol–water partition coefficient (Wildman–Crippen LogP) is 3.95. The quantitative estimate of drug-likeness (QED) is 0.301. The van der Waals surface area contributed by atoms with Gasteiger partial charge >= 0.3 is 6.16 Å². The third kappa shape index (κ3) is 5.97. The summed E-state index contributed by atoms with van der Waals surface area (Å²) < 4.78 is 20.7. The molecule has 0 spiro atoms. The zero-order chi connectivity index (χ0) is 18.8. The van der Waals surface area contributed by atoms with Crippen molar-refractivity contribution in [2.24, 2.45) is 4.99 Å². The smallest absolute Gasteiger partial charge is 0.493 e.